The van der Waals surface area contributed by atoms with Crippen molar-refractivity contribution >= 4 is 46.6 Å². The smallest absolute Gasteiger partial charge is 0.307 e. The highest BCUT2D eigenvalue weighted by molar-refractivity contribution is 8.00. The van der Waals surface area contributed by atoms with Gasteiger partial charge in [0.05, 0.1) is 22.4 Å². The lowest BCUT2D eigenvalue weighted by Gasteiger charge is -2.24. The number of nitrogens with one attached hydrogen (secondary N) is 2. The number of nitro groups is 1. The predicted molar refractivity (Wildman–Crippen MR) is 150 cm³/mol. The molecule has 0 aliphatic heterocycles. The molecule has 0 radical (unpaired) electrons. The Hall–Kier alpha value is -4.44. The van der Waals surface area contributed by atoms with Crippen molar-refractivity contribution < 1.29 is 24.4 Å². The van der Waals surface area contributed by atoms with Crippen LogP contribution in [-0.2, 0) is 14.4 Å². The SMILES string of the molecule is Cc1ccc([N+](=O)[O-])cc1NC(=O)C(Sc1cccc(NC(=O)C2CC=CCC2C(=O)O)c1)c1ccccc1. The molecule has 3 aromatic carbocycles. The third-order valence-corrected chi connectivity index (χ3v) is 7.72. The molecule has 0 saturated heterocycles. The average molecular weight is 546 g/mol. The summed E-state index contributed by atoms with van der Waals surface area (Å²) < 4.78 is 0. The maximum absolute atomic E-state index is 13.5. The summed E-state index contributed by atoms with van der Waals surface area (Å²) in [5, 5.41) is 25.7. The van der Waals surface area contributed by atoms with Gasteiger partial charge in [-0.2, -0.15) is 0 Å². The summed E-state index contributed by atoms with van der Waals surface area (Å²) >= 11 is 1.27. The van der Waals surface area contributed by atoms with Crippen molar-refractivity contribution in [1.82, 2.24) is 0 Å². The Labute approximate surface area is 229 Å². The van der Waals surface area contributed by atoms with Crippen LogP contribution in [0, 0.1) is 28.9 Å². The van der Waals surface area contributed by atoms with Crippen molar-refractivity contribution in [2.45, 2.75) is 29.9 Å². The second-order valence-electron chi connectivity index (χ2n) is 9.17. The second-order valence-corrected chi connectivity index (χ2v) is 10.3. The number of hydrogen-bond acceptors (Lipinski definition) is 6. The van der Waals surface area contributed by atoms with Crippen molar-refractivity contribution in [2.75, 3.05) is 10.6 Å². The van der Waals surface area contributed by atoms with Crippen LogP contribution < -0.4 is 10.6 Å². The highest BCUT2D eigenvalue weighted by atomic mass is 32.2. The first-order valence-electron chi connectivity index (χ1n) is 12.3. The molecule has 10 heteroatoms. The highest BCUT2D eigenvalue weighted by Crippen LogP contribution is 2.38. The number of nitrogens with zero attached hydrogens (tertiary/aromatic N) is 1. The Bertz CT molecular complexity index is 1430. The number of anilines is 2. The number of carbonyl (C=O) groups is 3. The van der Waals surface area contributed by atoms with E-state index in [0.29, 0.717) is 34.7 Å². The first kappa shape index (κ1) is 27.6. The van der Waals surface area contributed by atoms with E-state index < -0.39 is 28.0 Å². The number of aryl methyl sites for hydroxylation is 1. The maximum Gasteiger partial charge on any atom is 0.307 e. The summed E-state index contributed by atoms with van der Waals surface area (Å²) in [4.78, 5) is 49.4. The summed E-state index contributed by atoms with van der Waals surface area (Å²) in [6.07, 6.45) is 4.26. The van der Waals surface area contributed by atoms with Crippen molar-refractivity contribution in [3.05, 3.63) is 106 Å². The van der Waals surface area contributed by atoms with E-state index in [1.54, 1.807) is 37.3 Å². The van der Waals surface area contributed by atoms with Gasteiger partial charge >= 0.3 is 5.97 Å². The van der Waals surface area contributed by atoms with Gasteiger partial charge in [0.25, 0.3) is 5.69 Å². The molecule has 200 valence electrons. The van der Waals surface area contributed by atoms with Crippen LogP contribution in [0.25, 0.3) is 0 Å². The molecule has 1 aliphatic carbocycles. The zero-order valence-corrected chi connectivity index (χ0v) is 21.9. The third kappa shape index (κ3) is 6.91. The molecule has 3 N–H and O–H groups in total. The van der Waals surface area contributed by atoms with Gasteiger partial charge in [-0.1, -0.05) is 54.6 Å². The van der Waals surface area contributed by atoms with E-state index in [-0.39, 0.29) is 17.5 Å². The lowest BCUT2D eigenvalue weighted by atomic mass is 9.82. The highest BCUT2D eigenvalue weighted by Gasteiger charge is 2.34. The summed E-state index contributed by atoms with van der Waals surface area (Å²) in [6.45, 7) is 1.76. The van der Waals surface area contributed by atoms with Crippen molar-refractivity contribution in [3.8, 4) is 0 Å². The maximum atomic E-state index is 13.5. The van der Waals surface area contributed by atoms with Crippen LogP contribution in [0.15, 0.2) is 89.8 Å². The van der Waals surface area contributed by atoms with Crippen LogP contribution in [0.5, 0.6) is 0 Å². The first-order valence-corrected chi connectivity index (χ1v) is 13.2. The minimum Gasteiger partial charge on any atom is -0.481 e. The number of nitro benzene ring substituents is 1. The van der Waals surface area contributed by atoms with Gasteiger partial charge in [0, 0.05) is 22.7 Å². The largest absolute Gasteiger partial charge is 0.481 e. The number of carboxylic acid groups (broad SMARTS) is 1. The molecule has 0 heterocycles. The number of rotatable bonds is 9. The normalized spacial score (nSPS) is 17.2. The molecule has 0 aromatic heterocycles. The fraction of sp³-hybridized carbons (Fsp3) is 0.207. The second kappa shape index (κ2) is 12.4. The van der Waals surface area contributed by atoms with Gasteiger partial charge in [-0.3, -0.25) is 24.5 Å². The average Bonchev–Trinajstić information content (AvgIpc) is 2.93. The molecule has 9 nitrogen and oxygen atoms in total. The van der Waals surface area contributed by atoms with E-state index >= 15 is 0 Å². The number of non-ortho nitro benzene ring substituents is 1. The van der Waals surface area contributed by atoms with Gasteiger partial charge in [-0.15, -0.1) is 11.8 Å². The topological polar surface area (TPSA) is 139 Å². The fourth-order valence-electron chi connectivity index (χ4n) is 4.35. The van der Waals surface area contributed by atoms with Crippen molar-refractivity contribution in [1.29, 1.82) is 0 Å². The molecule has 0 fully saturated rings. The molecule has 1 aliphatic rings. The van der Waals surface area contributed by atoms with Gasteiger partial charge < -0.3 is 15.7 Å². The molecule has 3 unspecified atom stereocenters. The zero-order valence-electron chi connectivity index (χ0n) is 21.1. The van der Waals surface area contributed by atoms with E-state index in [0.717, 1.165) is 5.56 Å². The Kier molecular flexibility index (Phi) is 8.77. The molecule has 2 amide bonds. The number of amides is 2. The van der Waals surface area contributed by atoms with Gasteiger partial charge in [0.2, 0.25) is 11.8 Å². The van der Waals surface area contributed by atoms with E-state index in [4.69, 9.17) is 0 Å². The zero-order chi connectivity index (χ0) is 27.9. The van der Waals surface area contributed by atoms with E-state index in [1.807, 2.05) is 42.5 Å². The van der Waals surface area contributed by atoms with Gasteiger partial charge in [0.1, 0.15) is 5.25 Å². The minimum absolute atomic E-state index is 0.123. The van der Waals surface area contributed by atoms with Crippen LogP contribution >= 0.6 is 11.8 Å². The third-order valence-electron chi connectivity index (χ3n) is 6.47. The number of hydrogen-bond donors (Lipinski definition) is 3. The predicted octanol–water partition coefficient (Wildman–Crippen LogP) is 5.98. The van der Waals surface area contributed by atoms with Gasteiger partial charge in [0.15, 0.2) is 0 Å². The molecule has 0 saturated carbocycles. The molecular formula is C29H27N3O6S. The van der Waals surface area contributed by atoms with E-state index in [1.165, 1.54) is 23.9 Å². The number of thioether (sulfide) groups is 1. The number of carbonyl (C=O) groups excluding carboxylic acids is 2. The summed E-state index contributed by atoms with van der Waals surface area (Å²) in [6, 6.07) is 20.4. The van der Waals surface area contributed by atoms with Crippen LogP contribution in [0.3, 0.4) is 0 Å². The fourth-order valence-corrected chi connectivity index (χ4v) is 5.44. The van der Waals surface area contributed by atoms with Crippen molar-refractivity contribution in [3.63, 3.8) is 0 Å². The molecule has 3 atom stereocenters. The Morgan fingerprint density at radius 1 is 0.949 bits per heavy atom. The number of allylic oxidation sites excluding steroid dienone is 2. The van der Waals surface area contributed by atoms with Crippen LogP contribution in [0.2, 0.25) is 0 Å². The monoisotopic (exact) mass is 545 g/mol. The standard InChI is InChI=1S/C29H27N3O6S/c1-18-14-15-21(32(37)38)17-25(18)31-28(34)26(19-8-3-2-4-9-19)39-22-11-7-10-20(16-22)30-27(33)23-12-5-6-13-24(23)29(35)36/h2-11,14-17,23-24,26H,12-13H2,1H3,(H,30,33)(H,31,34)(H,35,36). The summed E-state index contributed by atoms with van der Waals surface area (Å²) in [7, 11) is 0. The molecule has 4 rings (SSSR count). The van der Waals surface area contributed by atoms with Crippen molar-refractivity contribution in [2.24, 2.45) is 11.8 Å². The Morgan fingerprint density at radius 3 is 2.36 bits per heavy atom. The molecule has 3 aromatic rings. The molecular weight excluding hydrogens is 518 g/mol. The van der Waals surface area contributed by atoms with Crippen LogP contribution in [0.1, 0.15) is 29.2 Å². The minimum atomic E-state index is -1.00. The van der Waals surface area contributed by atoms with Gasteiger partial charge in [-0.05, 0) is 49.1 Å². The summed E-state index contributed by atoms with van der Waals surface area (Å²) in [5.74, 6) is -3.18. The molecule has 0 bridgehead atoms. The summed E-state index contributed by atoms with van der Waals surface area (Å²) in [5.41, 5.74) is 2.14. The molecule has 0 spiro atoms. The Morgan fingerprint density at radius 2 is 1.67 bits per heavy atom. The first-order chi connectivity index (χ1) is 18.7. The Balaban J connectivity index is 1.55. The molecule has 39 heavy (non-hydrogen) atoms. The number of carboxylic acids is 1. The van der Waals surface area contributed by atoms with E-state index in [9.17, 15) is 29.6 Å². The number of benzene rings is 3. The van der Waals surface area contributed by atoms with Crippen LogP contribution in [-0.4, -0.2) is 27.8 Å². The van der Waals surface area contributed by atoms with Gasteiger partial charge in [-0.25, -0.2) is 0 Å². The van der Waals surface area contributed by atoms with Crippen LogP contribution in [0.4, 0.5) is 17.1 Å². The lowest BCUT2D eigenvalue weighted by Crippen LogP contribution is -2.34. The van der Waals surface area contributed by atoms with E-state index in [2.05, 4.69) is 10.6 Å². The lowest BCUT2D eigenvalue weighted by molar-refractivity contribution is -0.384. The quantitative estimate of drug-likeness (QED) is 0.130. The number of aliphatic carboxylic acids is 1.